The molecule has 0 amide bonds. The zero-order valence-corrected chi connectivity index (χ0v) is 10.4. The zero-order chi connectivity index (χ0) is 13.0. The van der Waals surface area contributed by atoms with Crippen LogP contribution in [0.4, 0.5) is 0 Å². The molecule has 1 aliphatic heterocycles. The molecule has 1 aromatic carbocycles. The normalized spacial score (nSPS) is 15.3. The maximum absolute atomic E-state index is 9.30. The van der Waals surface area contributed by atoms with E-state index in [2.05, 4.69) is 17.5 Å². The van der Waals surface area contributed by atoms with Gasteiger partial charge in [0, 0.05) is 18.8 Å². The van der Waals surface area contributed by atoms with Gasteiger partial charge in [-0.25, -0.2) is 0 Å². The van der Waals surface area contributed by atoms with Crippen molar-refractivity contribution in [3.05, 3.63) is 42.0 Å². The van der Waals surface area contributed by atoms with Crippen molar-refractivity contribution in [2.24, 2.45) is 5.73 Å². The van der Waals surface area contributed by atoms with Crippen LogP contribution in [0.2, 0.25) is 0 Å². The Balaban J connectivity index is 1.96. The molecule has 1 heterocycles. The molecule has 0 spiro atoms. The molecule has 1 aliphatic rings. The van der Waals surface area contributed by atoms with Crippen LogP contribution < -0.4 is 5.73 Å². The SMILES string of the molecule is C=C(c1cccc(C[B]OCN)c1)N1CC(O)C1. The van der Waals surface area contributed by atoms with Gasteiger partial charge in [0.2, 0.25) is 0 Å². The number of nitrogens with two attached hydrogens (primary N) is 1. The van der Waals surface area contributed by atoms with Crippen molar-refractivity contribution in [1.29, 1.82) is 0 Å². The van der Waals surface area contributed by atoms with Gasteiger partial charge >= 0.3 is 0 Å². The lowest BCUT2D eigenvalue weighted by Crippen LogP contribution is -2.48. The second kappa shape index (κ2) is 6.04. The number of β-amino-alcohol motifs (C(OH)–C–C–N with tert-alkyl or cyclic N) is 1. The maximum atomic E-state index is 9.30. The summed E-state index contributed by atoms with van der Waals surface area (Å²) in [5.41, 5.74) is 8.45. The fourth-order valence-corrected chi connectivity index (χ4v) is 1.96. The number of likely N-dealkylation sites (tertiary alicyclic amines) is 1. The third-order valence-corrected chi connectivity index (χ3v) is 3.04. The first-order chi connectivity index (χ1) is 8.70. The number of hydrogen-bond donors (Lipinski definition) is 2. The molecule has 0 aliphatic carbocycles. The van der Waals surface area contributed by atoms with Crippen molar-refractivity contribution in [2.75, 3.05) is 19.8 Å². The highest BCUT2D eigenvalue weighted by atomic mass is 16.4. The van der Waals surface area contributed by atoms with Crippen LogP contribution in [0, 0.1) is 0 Å². The van der Waals surface area contributed by atoms with E-state index in [9.17, 15) is 5.11 Å². The Morgan fingerprint density at radius 1 is 1.56 bits per heavy atom. The fraction of sp³-hybridized carbons (Fsp3) is 0.385. The van der Waals surface area contributed by atoms with Gasteiger partial charge in [-0.3, -0.25) is 0 Å². The molecular formula is C13H18BN2O2. The summed E-state index contributed by atoms with van der Waals surface area (Å²) in [5.74, 6) is 0. The van der Waals surface area contributed by atoms with Crippen LogP contribution >= 0.6 is 0 Å². The molecule has 0 atom stereocenters. The summed E-state index contributed by atoms with van der Waals surface area (Å²) in [6, 6.07) is 8.16. The van der Waals surface area contributed by atoms with Crippen molar-refractivity contribution in [3.8, 4) is 0 Å². The minimum absolute atomic E-state index is 0.206. The molecule has 0 bridgehead atoms. The van der Waals surface area contributed by atoms with Crippen LogP contribution in [0.15, 0.2) is 30.8 Å². The lowest BCUT2D eigenvalue weighted by atomic mass is 9.88. The van der Waals surface area contributed by atoms with Gasteiger partial charge in [0.25, 0.3) is 7.48 Å². The topological polar surface area (TPSA) is 58.7 Å². The van der Waals surface area contributed by atoms with E-state index in [-0.39, 0.29) is 12.8 Å². The number of benzene rings is 1. The first kappa shape index (κ1) is 13.1. The molecule has 4 nitrogen and oxygen atoms in total. The molecule has 95 valence electrons. The highest BCUT2D eigenvalue weighted by molar-refractivity contribution is 6.26. The van der Waals surface area contributed by atoms with Crippen molar-refractivity contribution in [2.45, 2.75) is 12.4 Å². The van der Waals surface area contributed by atoms with Crippen LogP contribution in [0.5, 0.6) is 0 Å². The number of aliphatic hydroxyl groups is 1. The van der Waals surface area contributed by atoms with Crippen molar-refractivity contribution in [1.82, 2.24) is 4.90 Å². The Hall–Kier alpha value is -1.30. The average molecular weight is 245 g/mol. The minimum atomic E-state index is -0.212. The smallest absolute Gasteiger partial charge is 0.298 e. The molecule has 1 saturated heterocycles. The predicted molar refractivity (Wildman–Crippen MR) is 72.7 cm³/mol. The van der Waals surface area contributed by atoms with E-state index in [0.29, 0.717) is 13.1 Å². The van der Waals surface area contributed by atoms with E-state index in [0.717, 1.165) is 23.1 Å². The van der Waals surface area contributed by atoms with Crippen LogP contribution in [0.1, 0.15) is 11.1 Å². The largest absolute Gasteiger partial charge is 0.428 e. The fourth-order valence-electron chi connectivity index (χ4n) is 1.96. The molecule has 0 saturated carbocycles. The molecule has 1 radical (unpaired) electrons. The van der Waals surface area contributed by atoms with E-state index < -0.39 is 0 Å². The molecule has 2 rings (SSSR count). The highest BCUT2D eigenvalue weighted by Crippen LogP contribution is 2.23. The Morgan fingerprint density at radius 3 is 3.00 bits per heavy atom. The second-order valence-corrected chi connectivity index (χ2v) is 4.41. The van der Waals surface area contributed by atoms with E-state index >= 15 is 0 Å². The van der Waals surface area contributed by atoms with Crippen LogP contribution in [-0.2, 0) is 11.0 Å². The number of aliphatic hydroxyl groups excluding tert-OH is 1. The first-order valence-corrected chi connectivity index (χ1v) is 6.05. The van der Waals surface area contributed by atoms with Crippen molar-refractivity contribution in [3.63, 3.8) is 0 Å². The van der Waals surface area contributed by atoms with E-state index in [1.54, 1.807) is 7.48 Å². The van der Waals surface area contributed by atoms with Gasteiger partial charge in [0.15, 0.2) is 0 Å². The Labute approximate surface area is 108 Å². The molecule has 1 fully saturated rings. The third-order valence-electron chi connectivity index (χ3n) is 3.04. The number of rotatable bonds is 6. The molecule has 0 aromatic heterocycles. The summed E-state index contributed by atoms with van der Waals surface area (Å²) in [6.07, 6.45) is 0.511. The first-order valence-electron chi connectivity index (χ1n) is 6.05. The summed E-state index contributed by atoms with van der Waals surface area (Å²) >= 11 is 0. The Kier molecular flexibility index (Phi) is 4.41. The molecule has 1 aromatic rings. The summed E-state index contributed by atoms with van der Waals surface area (Å²) in [6.45, 7) is 5.62. The van der Waals surface area contributed by atoms with Gasteiger partial charge in [-0.05, 0) is 11.9 Å². The van der Waals surface area contributed by atoms with Gasteiger partial charge in [-0.15, -0.1) is 0 Å². The van der Waals surface area contributed by atoms with Crippen molar-refractivity contribution < 1.29 is 9.76 Å². The lowest BCUT2D eigenvalue weighted by molar-refractivity contribution is 0.0404. The molecule has 0 unspecified atom stereocenters. The van der Waals surface area contributed by atoms with Crippen LogP contribution in [0.25, 0.3) is 5.70 Å². The summed E-state index contributed by atoms with van der Waals surface area (Å²) in [5, 5.41) is 9.30. The average Bonchev–Trinajstić information content (AvgIpc) is 2.35. The van der Waals surface area contributed by atoms with Gasteiger partial charge in [-0.2, -0.15) is 0 Å². The zero-order valence-electron chi connectivity index (χ0n) is 10.4. The quantitative estimate of drug-likeness (QED) is 0.432. The predicted octanol–water partition coefficient (Wildman–Crippen LogP) is 0.386. The van der Waals surface area contributed by atoms with Gasteiger partial charge in [0.1, 0.15) is 0 Å². The summed E-state index contributed by atoms with van der Waals surface area (Å²) in [7, 11) is 1.70. The molecule has 3 N–H and O–H groups in total. The van der Waals surface area contributed by atoms with Gasteiger partial charge in [-0.1, -0.05) is 36.4 Å². The number of hydrogen-bond acceptors (Lipinski definition) is 4. The standard InChI is InChI=1S/C13H18BN2O2/c1-10(16-7-13(17)8-16)12-4-2-3-11(5-12)6-14-18-9-15/h2-5,13,17H,1,6-9,15H2. The van der Waals surface area contributed by atoms with E-state index in [4.69, 9.17) is 10.4 Å². The van der Waals surface area contributed by atoms with Crippen LogP contribution in [-0.4, -0.2) is 43.4 Å². The van der Waals surface area contributed by atoms with E-state index in [1.165, 1.54) is 0 Å². The highest BCUT2D eigenvalue weighted by Gasteiger charge is 2.25. The van der Waals surface area contributed by atoms with Gasteiger partial charge < -0.3 is 20.4 Å². The molecule has 18 heavy (non-hydrogen) atoms. The minimum Gasteiger partial charge on any atom is -0.428 e. The third kappa shape index (κ3) is 3.13. The Morgan fingerprint density at radius 2 is 2.33 bits per heavy atom. The van der Waals surface area contributed by atoms with E-state index in [1.807, 2.05) is 18.2 Å². The summed E-state index contributed by atoms with van der Waals surface area (Å²) in [4.78, 5) is 2.07. The lowest BCUT2D eigenvalue weighted by Gasteiger charge is -2.39. The Bertz CT molecular complexity index is 419. The van der Waals surface area contributed by atoms with Crippen LogP contribution in [0.3, 0.4) is 0 Å². The second-order valence-electron chi connectivity index (χ2n) is 4.41. The summed E-state index contributed by atoms with van der Waals surface area (Å²) < 4.78 is 5.02. The molecular weight excluding hydrogens is 227 g/mol. The maximum Gasteiger partial charge on any atom is 0.298 e. The van der Waals surface area contributed by atoms with Crippen molar-refractivity contribution >= 4 is 13.2 Å². The molecule has 5 heteroatoms. The monoisotopic (exact) mass is 245 g/mol. The number of nitrogens with zero attached hydrogens (tertiary/aromatic N) is 1. The van der Waals surface area contributed by atoms with Gasteiger partial charge in [0.05, 0.1) is 12.8 Å².